The molecule has 0 bridgehead atoms. The van der Waals surface area contributed by atoms with Crippen LogP contribution < -0.4 is 10.6 Å². The number of nitro benzene ring substituents is 1. The normalized spacial score (nSPS) is 14.1. The standard InChI is InChI=1S/C26H26N4O3/c1-29(2)16-6-7-18-10-12-20(13-11-18)27-25(19-8-4-3-5-9-19)24-22-17-21(30(32)33)14-15-23(22)28-26(24)31/h3-5,8-15,17,27H,6-7,16H2,1-2H3,(H,28,31)/b25-24-. The van der Waals surface area contributed by atoms with Gasteiger partial charge in [-0.15, -0.1) is 0 Å². The lowest BCUT2D eigenvalue weighted by molar-refractivity contribution is -0.384. The molecule has 1 amide bonds. The number of nitrogens with zero attached hydrogens (tertiary/aromatic N) is 2. The lowest BCUT2D eigenvalue weighted by Gasteiger charge is -2.15. The van der Waals surface area contributed by atoms with Gasteiger partial charge >= 0.3 is 0 Å². The molecule has 168 valence electrons. The third kappa shape index (κ3) is 5.10. The Morgan fingerprint density at radius 3 is 2.42 bits per heavy atom. The van der Waals surface area contributed by atoms with Gasteiger partial charge in [0.15, 0.2) is 0 Å². The molecule has 0 aliphatic carbocycles. The molecule has 33 heavy (non-hydrogen) atoms. The van der Waals surface area contributed by atoms with Crippen molar-refractivity contribution >= 4 is 34.2 Å². The molecule has 0 radical (unpaired) electrons. The van der Waals surface area contributed by atoms with Gasteiger partial charge in [0.25, 0.3) is 11.6 Å². The molecule has 2 N–H and O–H groups in total. The van der Waals surface area contributed by atoms with Gasteiger partial charge in [0.05, 0.1) is 16.2 Å². The number of fused-ring (bicyclic) bond motifs is 1. The summed E-state index contributed by atoms with van der Waals surface area (Å²) in [6.07, 6.45) is 2.07. The van der Waals surface area contributed by atoms with Crippen molar-refractivity contribution in [3.8, 4) is 0 Å². The van der Waals surface area contributed by atoms with E-state index in [4.69, 9.17) is 0 Å². The van der Waals surface area contributed by atoms with E-state index in [0.717, 1.165) is 30.6 Å². The predicted molar refractivity (Wildman–Crippen MR) is 132 cm³/mol. The minimum atomic E-state index is -0.453. The summed E-state index contributed by atoms with van der Waals surface area (Å²) in [5.74, 6) is -0.294. The van der Waals surface area contributed by atoms with E-state index in [1.54, 1.807) is 6.07 Å². The molecule has 0 saturated carbocycles. The van der Waals surface area contributed by atoms with E-state index in [9.17, 15) is 14.9 Å². The van der Waals surface area contributed by atoms with Crippen molar-refractivity contribution in [2.75, 3.05) is 31.3 Å². The first-order valence-corrected chi connectivity index (χ1v) is 10.8. The van der Waals surface area contributed by atoms with E-state index >= 15 is 0 Å². The van der Waals surface area contributed by atoms with Gasteiger partial charge in [-0.2, -0.15) is 0 Å². The second-order valence-electron chi connectivity index (χ2n) is 8.29. The quantitative estimate of drug-likeness (QED) is 0.291. The highest BCUT2D eigenvalue weighted by Gasteiger charge is 2.30. The number of aryl methyl sites for hydroxylation is 1. The molecule has 0 aromatic heterocycles. The third-order valence-corrected chi connectivity index (χ3v) is 5.57. The van der Waals surface area contributed by atoms with Crippen LogP contribution in [0.5, 0.6) is 0 Å². The zero-order valence-electron chi connectivity index (χ0n) is 18.7. The van der Waals surface area contributed by atoms with Gasteiger partial charge in [-0.05, 0) is 62.8 Å². The van der Waals surface area contributed by atoms with Crippen LogP contribution in [0.2, 0.25) is 0 Å². The molecule has 1 aliphatic heterocycles. The smallest absolute Gasteiger partial charge is 0.270 e. The highest BCUT2D eigenvalue weighted by Crippen LogP contribution is 2.39. The largest absolute Gasteiger partial charge is 0.354 e. The van der Waals surface area contributed by atoms with Crippen LogP contribution in [0, 0.1) is 10.1 Å². The first-order chi connectivity index (χ1) is 15.9. The van der Waals surface area contributed by atoms with E-state index in [2.05, 4.69) is 41.8 Å². The van der Waals surface area contributed by atoms with Crippen molar-refractivity contribution in [3.63, 3.8) is 0 Å². The summed E-state index contributed by atoms with van der Waals surface area (Å²) in [6, 6.07) is 22.1. The van der Waals surface area contributed by atoms with E-state index < -0.39 is 4.92 Å². The van der Waals surface area contributed by atoms with Crippen LogP contribution in [0.3, 0.4) is 0 Å². The molecule has 0 spiro atoms. The number of non-ortho nitro benzene ring substituents is 1. The number of rotatable bonds is 8. The van der Waals surface area contributed by atoms with Crippen LogP contribution >= 0.6 is 0 Å². The minimum Gasteiger partial charge on any atom is -0.354 e. The Morgan fingerprint density at radius 2 is 1.76 bits per heavy atom. The van der Waals surface area contributed by atoms with E-state index in [-0.39, 0.29) is 11.6 Å². The summed E-state index contributed by atoms with van der Waals surface area (Å²) < 4.78 is 0. The van der Waals surface area contributed by atoms with Crippen molar-refractivity contribution in [3.05, 3.63) is 99.6 Å². The summed E-state index contributed by atoms with van der Waals surface area (Å²) in [7, 11) is 4.13. The fourth-order valence-electron chi connectivity index (χ4n) is 3.90. The molecule has 7 heteroatoms. The molecule has 0 atom stereocenters. The summed E-state index contributed by atoms with van der Waals surface area (Å²) >= 11 is 0. The fraction of sp³-hybridized carbons (Fsp3) is 0.192. The average Bonchev–Trinajstić information content (AvgIpc) is 3.13. The molecule has 0 fully saturated rings. The molecule has 1 heterocycles. The highest BCUT2D eigenvalue weighted by atomic mass is 16.6. The predicted octanol–water partition coefficient (Wildman–Crippen LogP) is 5.02. The topological polar surface area (TPSA) is 87.5 Å². The Balaban J connectivity index is 1.71. The van der Waals surface area contributed by atoms with Crippen molar-refractivity contribution in [1.29, 1.82) is 0 Å². The number of carbonyl (C=O) groups excluding carboxylic acids is 1. The summed E-state index contributed by atoms with van der Waals surface area (Å²) in [4.78, 5) is 26.0. The van der Waals surface area contributed by atoms with Crippen LogP contribution in [-0.2, 0) is 11.2 Å². The maximum Gasteiger partial charge on any atom is 0.270 e. The number of anilines is 2. The van der Waals surface area contributed by atoms with Gasteiger partial charge in [-0.3, -0.25) is 14.9 Å². The molecule has 4 rings (SSSR count). The Hall–Kier alpha value is -3.97. The van der Waals surface area contributed by atoms with Crippen LogP contribution in [0.4, 0.5) is 17.1 Å². The van der Waals surface area contributed by atoms with Crippen LogP contribution in [0.25, 0.3) is 11.3 Å². The van der Waals surface area contributed by atoms with Gasteiger partial charge in [-0.25, -0.2) is 0 Å². The van der Waals surface area contributed by atoms with Crippen molar-refractivity contribution in [2.45, 2.75) is 12.8 Å². The number of benzene rings is 3. The minimum absolute atomic E-state index is 0.0581. The Bertz CT molecular complexity index is 1200. The molecule has 3 aromatic rings. The maximum atomic E-state index is 13.0. The van der Waals surface area contributed by atoms with Crippen LogP contribution in [0.15, 0.2) is 72.8 Å². The Morgan fingerprint density at radius 1 is 1.03 bits per heavy atom. The number of carbonyl (C=O) groups is 1. The van der Waals surface area contributed by atoms with Gasteiger partial charge < -0.3 is 15.5 Å². The van der Waals surface area contributed by atoms with Gasteiger partial charge in [0.1, 0.15) is 0 Å². The molecule has 7 nitrogen and oxygen atoms in total. The number of nitro groups is 1. The van der Waals surface area contributed by atoms with Crippen molar-refractivity contribution in [1.82, 2.24) is 4.90 Å². The second-order valence-corrected chi connectivity index (χ2v) is 8.29. The Kier molecular flexibility index (Phi) is 6.51. The van der Waals surface area contributed by atoms with Crippen molar-refractivity contribution < 1.29 is 9.72 Å². The number of nitrogens with one attached hydrogen (secondary N) is 2. The van der Waals surface area contributed by atoms with Crippen LogP contribution in [0.1, 0.15) is 23.1 Å². The fourth-order valence-corrected chi connectivity index (χ4v) is 3.90. The average molecular weight is 443 g/mol. The first-order valence-electron chi connectivity index (χ1n) is 10.8. The lowest BCUT2D eigenvalue weighted by atomic mass is 9.99. The van der Waals surface area contributed by atoms with E-state index in [1.807, 2.05) is 42.5 Å². The van der Waals surface area contributed by atoms with Crippen LogP contribution in [-0.4, -0.2) is 36.4 Å². The monoisotopic (exact) mass is 442 g/mol. The number of amides is 1. The maximum absolute atomic E-state index is 13.0. The highest BCUT2D eigenvalue weighted by molar-refractivity contribution is 6.37. The molecular weight excluding hydrogens is 416 g/mol. The van der Waals surface area contributed by atoms with Gasteiger partial charge in [0, 0.05) is 29.1 Å². The van der Waals surface area contributed by atoms with Crippen molar-refractivity contribution in [2.24, 2.45) is 0 Å². The zero-order chi connectivity index (χ0) is 23.4. The lowest BCUT2D eigenvalue weighted by Crippen LogP contribution is -2.13. The molecule has 3 aromatic carbocycles. The number of hydrogen-bond acceptors (Lipinski definition) is 5. The summed E-state index contributed by atoms with van der Waals surface area (Å²) in [5, 5.41) is 17.6. The second kappa shape index (κ2) is 9.67. The summed E-state index contributed by atoms with van der Waals surface area (Å²) in [5.41, 5.74) is 4.91. The molecule has 1 aliphatic rings. The zero-order valence-corrected chi connectivity index (χ0v) is 18.7. The van der Waals surface area contributed by atoms with E-state index in [0.29, 0.717) is 22.5 Å². The summed E-state index contributed by atoms with van der Waals surface area (Å²) in [6.45, 7) is 1.03. The molecular formula is C26H26N4O3. The molecule has 0 saturated heterocycles. The van der Waals surface area contributed by atoms with Gasteiger partial charge in [-0.1, -0.05) is 42.5 Å². The third-order valence-electron chi connectivity index (χ3n) is 5.57. The SMILES string of the molecule is CN(C)CCCc1ccc(N/C(=C2\C(=O)Nc3ccc([N+](=O)[O-])cc32)c2ccccc2)cc1. The molecule has 0 unspecified atom stereocenters. The van der Waals surface area contributed by atoms with E-state index in [1.165, 1.54) is 17.7 Å². The number of hydrogen-bond donors (Lipinski definition) is 2. The first kappa shape index (κ1) is 22.2. The van der Waals surface area contributed by atoms with Gasteiger partial charge in [0.2, 0.25) is 0 Å². The Labute approximate surface area is 192 Å².